The number of likely N-dealkylation sites (N-methyl/N-ethyl adjacent to an activating group) is 1. The lowest BCUT2D eigenvalue weighted by Crippen LogP contribution is -2.63. The standard InChI is InChI=1S/C20H31N6O3/c1-7-14-11-15(8-2)26(22-14)19-21-17-16(24(19)9-10-29-6)18(27)25(12-13(3)4)20(28)23(17)5/h11,13,16H,7-10,12H2,1-6H3/q+1. The van der Waals surface area contributed by atoms with Crippen molar-refractivity contribution >= 4 is 23.7 Å². The highest BCUT2D eigenvalue weighted by Gasteiger charge is 2.53. The van der Waals surface area contributed by atoms with E-state index in [4.69, 9.17) is 14.8 Å². The Morgan fingerprint density at radius 1 is 1.24 bits per heavy atom. The molecule has 0 bridgehead atoms. The molecule has 29 heavy (non-hydrogen) atoms. The number of rotatable bonds is 7. The van der Waals surface area contributed by atoms with Crippen molar-refractivity contribution in [3.63, 3.8) is 0 Å². The molecule has 0 N–H and O–H groups in total. The Labute approximate surface area is 171 Å². The number of hydrogen-bond acceptors (Lipinski definition) is 5. The van der Waals surface area contributed by atoms with Gasteiger partial charge in [0, 0.05) is 27.1 Å². The summed E-state index contributed by atoms with van der Waals surface area (Å²) in [7, 11) is 3.30. The lowest BCUT2D eigenvalue weighted by atomic mass is 10.1. The minimum atomic E-state index is -0.652. The van der Waals surface area contributed by atoms with E-state index in [1.807, 2.05) is 18.4 Å². The molecule has 0 radical (unpaired) electrons. The van der Waals surface area contributed by atoms with Crippen LogP contribution in [0.5, 0.6) is 0 Å². The number of carbonyl (C=O) groups excluding carboxylic acids is 2. The zero-order valence-electron chi connectivity index (χ0n) is 18.2. The molecule has 3 amide bonds. The number of amidine groups is 1. The van der Waals surface area contributed by atoms with Gasteiger partial charge >= 0.3 is 12.0 Å². The molecule has 2 aliphatic rings. The number of imide groups is 1. The minimum Gasteiger partial charge on any atom is -0.381 e. The summed E-state index contributed by atoms with van der Waals surface area (Å²) in [5.74, 6) is 0.948. The Hall–Kier alpha value is -2.55. The molecule has 1 aromatic heterocycles. The molecular formula is C20H31N6O3+. The summed E-state index contributed by atoms with van der Waals surface area (Å²) < 4.78 is 8.99. The Morgan fingerprint density at radius 3 is 2.55 bits per heavy atom. The van der Waals surface area contributed by atoms with Crippen LogP contribution in [0, 0.1) is 5.92 Å². The fourth-order valence-electron chi connectivity index (χ4n) is 3.70. The molecule has 3 rings (SSSR count). The Morgan fingerprint density at radius 2 is 1.97 bits per heavy atom. The molecule has 0 aliphatic carbocycles. The van der Waals surface area contributed by atoms with Crippen molar-refractivity contribution in [3.05, 3.63) is 17.5 Å². The van der Waals surface area contributed by atoms with Gasteiger partial charge < -0.3 is 4.74 Å². The number of aryl methyl sites for hydroxylation is 2. The number of aromatic nitrogens is 2. The molecule has 0 saturated carbocycles. The van der Waals surface area contributed by atoms with Crippen molar-refractivity contribution < 1.29 is 18.9 Å². The quantitative estimate of drug-likeness (QED) is 0.641. The average molecular weight is 404 g/mol. The van der Waals surface area contributed by atoms with E-state index in [2.05, 4.69) is 19.9 Å². The van der Waals surface area contributed by atoms with Crippen LogP contribution in [0.2, 0.25) is 0 Å². The maximum Gasteiger partial charge on any atom is 0.421 e. The number of aliphatic imine (C=N–C) groups is 1. The molecule has 9 nitrogen and oxygen atoms in total. The average Bonchev–Trinajstić information content (AvgIpc) is 3.28. The molecular weight excluding hydrogens is 372 g/mol. The summed E-state index contributed by atoms with van der Waals surface area (Å²) >= 11 is 0. The highest BCUT2D eigenvalue weighted by atomic mass is 16.5. The zero-order valence-corrected chi connectivity index (χ0v) is 18.2. The third kappa shape index (κ3) is 3.71. The van der Waals surface area contributed by atoms with Crippen LogP contribution in [-0.4, -0.2) is 87.8 Å². The van der Waals surface area contributed by atoms with Crippen LogP contribution in [0.25, 0.3) is 0 Å². The number of amides is 3. The predicted octanol–water partition coefficient (Wildman–Crippen LogP) is 1.20. The van der Waals surface area contributed by atoms with Gasteiger partial charge in [-0.15, -0.1) is 9.78 Å². The monoisotopic (exact) mass is 403 g/mol. The molecule has 1 fully saturated rings. The van der Waals surface area contributed by atoms with E-state index < -0.39 is 6.04 Å². The second kappa shape index (κ2) is 8.44. The van der Waals surface area contributed by atoms with Crippen molar-refractivity contribution in [3.8, 4) is 0 Å². The van der Waals surface area contributed by atoms with Gasteiger partial charge in [0.15, 0.2) is 0 Å². The first-order valence-corrected chi connectivity index (χ1v) is 10.2. The molecule has 158 valence electrons. The topological polar surface area (TPSA) is 83.0 Å². The maximum atomic E-state index is 13.3. The van der Waals surface area contributed by atoms with Crippen molar-refractivity contribution in [1.29, 1.82) is 0 Å². The van der Waals surface area contributed by atoms with Crippen LogP contribution in [0.1, 0.15) is 39.1 Å². The molecule has 1 aromatic rings. The number of nitrogens with zero attached hydrogens (tertiary/aromatic N) is 6. The van der Waals surface area contributed by atoms with E-state index in [-0.39, 0.29) is 17.9 Å². The highest BCUT2D eigenvalue weighted by molar-refractivity contribution is 6.23. The largest absolute Gasteiger partial charge is 0.421 e. The third-order valence-corrected chi connectivity index (χ3v) is 5.22. The first-order valence-electron chi connectivity index (χ1n) is 10.2. The second-order valence-electron chi connectivity index (χ2n) is 7.79. The summed E-state index contributed by atoms with van der Waals surface area (Å²) in [4.78, 5) is 33.7. The van der Waals surface area contributed by atoms with Crippen LogP contribution in [0.15, 0.2) is 11.1 Å². The third-order valence-electron chi connectivity index (χ3n) is 5.22. The normalized spacial score (nSPS) is 19.6. The minimum absolute atomic E-state index is 0.178. The molecule has 2 aliphatic heterocycles. The van der Waals surface area contributed by atoms with Gasteiger partial charge in [0.25, 0.3) is 5.91 Å². The fraction of sp³-hybridized carbons (Fsp3) is 0.650. The number of fused-ring (bicyclic) bond motifs is 1. The summed E-state index contributed by atoms with van der Waals surface area (Å²) in [6.07, 6.45) is 1.59. The fourth-order valence-corrected chi connectivity index (χ4v) is 3.70. The van der Waals surface area contributed by atoms with Crippen LogP contribution in [0.4, 0.5) is 4.79 Å². The van der Waals surface area contributed by atoms with Gasteiger partial charge in [-0.3, -0.25) is 14.6 Å². The molecule has 1 atom stereocenters. The van der Waals surface area contributed by atoms with Gasteiger partial charge in [-0.25, -0.2) is 9.37 Å². The van der Waals surface area contributed by atoms with E-state index in [9.17, 15) is 9.59 Å². The molecule has 0 aromatic carbocycles. The molecule has 9 heteroatoms. The highest BCUT2D eigenvalue weighted by Crippen LogP contribution is 2.22. The van der Waals surface area contributed by atoms with Crippen molar-refractivity contribution in [2.75, 3.05) is 33.9 Å². The molecule has 3 heterocycles. The molecule has 1 unspecified atom stereocenters. The van der Waals surface area contributed by atoms with Gasteiger partial charge in [0.2, 0.25) is 11.9 Å². The van der Waals surface area contributed by atoms with Crippen LogP contribution >= 0.6 is 0 Å². The SMILES string of the molecule is CCc1cc(CC)n(C2=[N+](CCOC)C3C(=O)N(CC(C)C)C(=O)N(C)C3=N2)n1. The van der Waals surface area contributed by atoms with Crippen molar-refractivity contribution in [2.45, 2.75) is 46.6 Å². The number of ether oxygens (including phenoxy) is 1. The predicted molar refractivity (Wildman–Crippen MR) is 109 cm³/mol. The zero-order chi connectivity index (χ0) is 21.3. The van der Waals surface area contributed by atoms with Gasteiger partial charge in [0.1, 0.15) is 5.69 Å². The Kier molecular flexibility index (Phi) is 6.16. The number of hydrogen-bond donors (Lipinski definition) is 0. The maximum absolute atomic E-state index is 13.3. The Bertz CT molecular complexity index is 870. The first kappa shape index (κ1) is 21.2. The van der Waals surface area contributed by atoms with Gasteiger partial charge in [-0.1, -0.05) is 32.7 Å². The van der Waals surface area contributed by atoms with Crippen molar-refractivity contribution in [2.24, 2.45) is 10.9 Å². The van der Waals surface area contributed by atoms with E-state index in [1.54, 1.807) is 18.8 Å². The smallest absolute Gasteiger partial charge is 0.381 e. The lowest BCUT2D eigenvalue weighted by molar-refractivity contribution is -0.539. The van der Waals surface area contributed by atoms with Gasteiger partial charge in [-0.2, -0.15) is 0 Å². The lowest BCUT2D eigenvalue weighted by Gasteiger charge is -2.34. The number of methoxy groups -OCH3 is 1. The molecule has 0 spiro atoms. The summed E-state index contributed by atoms with van der Waals surface area (Å²) in [6, 6.07) is 1.07. The summed E-state index contributed by atoms with van der Waals surface area (Å²) in [5.41, 5.74) is 1.98. The second-order valence-corrected chi connectivity index (χ2v) is 7.79. The van der Waals surface area contributed by atoms with Crippen LogP contribution in [-0.2, 0) is 22.4 Å². The van der Waals surface area contributed by atoms with E-state index in [1.165, 1.54) is 9.80 Å². The summed E-state index contributed by atoms with van der Waals surface area (Å²) in [5, 5.41) is 4.70. The van der Waals surface area contributed by atoms with E-state index in [0.717, 1.165) is 24.2 Å². The van der Waals surface area contributed by atoms with Gasteiger partial charge in [-0.05, 0) is 18.4 Å². The molecule has 1 saturated heterocycles. The van der Waals surface area contributed by atoms with Gasteiger partial charge in [0.05, 0.1) is 18.8 Å². The van der Waals surface area contributed by atoms with E-state index >= 15 is 0 Å². The first-order chi connectivity index (χ1) is 13.8. The number of urea groups is 1. The Balaban J connectivity index is 2.12. The van der Waals surface area contributed by atoms with Crippen LogP contribution < -0.4 is 0 Å². The summed E-state index contributed by atoms with van der Waals surface area (Å²) in [6.45, 7) is 9.37. The van der Waals surface area contributed by atoms with E-state index in [0.29, 0.717) is 31.5 Å². The van der Waals surface area contributed by atoms with Crippen molar-refractivity contribution in [1.82, 2.24) is 19.6 Å². The van der Waals surface area contributed by atoms with Crippen LogP contribution in [0.3, 0.4) is 0 Å². The number of carbonyl (C=O) groups is 2.